The standard InChI is InChI=1S/C26H24BrF3N2O3/c1-16(2)12-13-35-23-11-8-19(27)15-22(23)25(34)31-20-9-6-17(7-10-20)24(33)32-21-5-3-4-18(14-21)26(28,29)30/h3-11,14-16H,12-13H2,1-2H3,(H,31,34)(H,32,33). The maximum Gasteiger partial charge on any atom is 0.416 e. The molecule has 3 aromatic carbocycles. The Morgan fingerprint density at radius 1 is 0.914 bits per heavy atom. The maximum absolute atomic E-state index is 12.9. The van der Waals surface area contributed by atoms with E-state index in [1.54, 1.807) is 18.2 Å². The number of benzene rings is 3. The molecule has 0 aliphatic carbocycles. The molecular formula is C26H24BrF3N2O3. The molecule has 0 atom stereocenters. The number of halogens is 4. The van der Waals surface area contributed by atoms with E-state index >= 15 is 0 Å². The molecule has 0 radical (unpaired) electrons. The number of alkyl halides is 3. The van der Waals surface area contributed by atoms with Crippen molar-refractivity contribution in [1.29, 1.82) is 0 Å². The van der Waals surface area contributed by atoms with E-state index in [9.17, 15) is 22.8 Å². The van der Waals surface area contributed by atoms with E-state index < -0.39 is 17.6 Å². The van der Waals surface area contributed by atoms with Gasteiger partial charge in [0.1, 0.15) is 5.75 Å². The van der Waals surface area contributed by atoms with E-state index in [1.165, 1.54) is 36.4 Å². The van der Waals surface area contributed by atoms with Gasteiger partial charge in [0.25, 0.3) is 11.8 Å². The van der Waals surface area contributed by atoms with Crippen LogP contribution in [0.2, 0.25) is 0 Å². The van der Waals surface area contributed by atoms with Crippen molar-refractivity contribution in [3.63, 3.8) is 0 Å². The summed E-state index contributed by atoms with van der Waals surface area (Å²) in [5.41, 5.74) is 0.198. The Balaban J connectivity index is 1.67. The molecule has 184 valence electrons. The van der Waals surface area contributed by atoms with Gasteiger partial charge < -0.3 is 15.4 Å². The molecule has 0 unspecified atom stereocenters. The van der Waals surface area contributed by atoms with Gasteiger partial charge in [-0.15, -0.1) is 0 Å². The van der Waals surface area contributed by atoms with Crippen LogP contribution in [0.15, 0.2) is 71.2 Å². The molecule has 0 aliphatic rings. The number of nitrogens with one attached hydrogen (secondary N) is 2. The van der Waals surface area contributed by atoms with Crippen LogP contribution in [0, 0.1) is 5.92 Å². The van der Waals surface area contributed by atoms with Gasteiger partial charge in [0.05, 0.1) is 17.7 Å². The Labute approximate surface area is 209 Å². The molecule has 0 aromatic heterocycles. The number of rotatable bonds is 8. The highest BCUT2D eigenvalue weighted by Crippen LogP contribution is 2.31. The van der Waals surface area contributed by atoms with Crippen LogP contribution in [-0.2, 0) is 6.18 Å². The summed E-state index contributed by atoms with van der Waals surface area (Å²) in [5.74, 6) is -0.0301. The van der Waals surface area contributed by atoms with Gasteiger partial charge in [-0.3, -0.25) is 9.59 Å². The summed E-state index contributed by atoms with van der Waals surface area (Å²) in [5, 5.41) is 5.22. The summed E-state index contributed by atoms with van der Waals surface area (Å²) < 4.78 is 45.2. The average Bonchev–Trinajstić information content (AvgIpc) is 2.80. The van der Waals surface area contributed by atoms with E-state index in [0.29, 0.717) is 29.5 Å². The first-order valence-electron chi connectivity index (χ1n) is 10.9. The number of amides is 2. The van der Waals surface area contributed by atoms with Gasteiger partial charge in [0.2, 0.25) is 0 Å². The van der Waals surface area contributed by atoms with E-state index in [0.717, 1.165) is 23.0 Å². The lowest BCUT2D eigenvalue weighted by molar-refractivity contribution is -0.137. The Morgan fingerprint density at radius 3 is 2.26 bits per heavy atom. The molecule has 0 heterocycles. The monoisotopic (exact) mass is 548 g/mol. The van der Waals surface area contributed by atoms with Crippen molar-refractivity contribution in [1.82, 2.24) is 0 Å². The molecule has 0 spiro atoms. The van der Waals surface area contributed by atoms with Gasteiger partial charge in [0, 0.05) is 21.4 Å². The first kappa shape index (κ1) is 26.3. The minimum Gasteiger partial charge on any atom is -0.493 e. The fraction of sp³-hybridized carbons (Fsp3) is 0.231. The van der Waals surface area contributed by atoms with Crippen LogP contribution < -0.4 is 15.4 Å². The molecule has 9 heteroatoms. The van der Waals surface area contributed by atoms with Crippen LogP contribution in [0.4, 0.5) is 24.5 Å². The van der Waals surface area contributed by atoms with E-state index in [-0.39, 0.29) is 17.2 Å². The largest absolute Gasteiger partial charge is 0.493 e. The Morgan fingerprint density at radius 2 is 1.60 bits per heavy atom. The van der Waals surface area contributed by atoms with Crippen molar-refractivity contribution in [2.24, 2.45) is 5.92 Å². The second kappa shape index (κ2) is 11.4. The fourth-order valence-electron chi connectivity index (χ4n) is 3.09. The zero-order valence-electron chi connectivity index (χ0n) is 19.1. The zero-order valence-corrected chi connectivity index (χ0v) is 20.7. The second-order valence-electron chi connectivity index (χ2n) is 8.24. The summed E-state index contributed by atoms with van der Waals surface area (Å²) in [4.78, 5) is 25.3. The van der Waals surface area contributed by atoms with Gasteiger partial charge in [-0.2, -0.15) is 13.2 Å². The van der Waals surface area contributed by atoms with Gasteiger partial charge in [-0.05, 0) is 73.0 Å². The van der Waals surface area contributed by atoms with E-state index in [4.69, 9.17) is 4.74 Å². The first-order valence-corrected chi connectivity index (χ1v) is 11.6. The maximum atomic E-state index is 12.9. The van der Waals surface area contributed by atoms with Crippen molar-refractivity contribution in [3.8, 4) is 5.75 Å². The number of carbonyl (C=O) groups excluding carboxylic acids is 2. The highest BCUT2D eigenvalue weighted by atomic mass is 79.9. The Kier molecular flexibility index (Phi) is 8.56. The SMILES string of the molecule is CC(C)CCOc1ccc(Br)cc1C(=O)Nc1ccc(C(=O)Nc2cccc(C(F)(F)F)c2)cc1. The van der Waals surface area contributed by atoms with Gasteiger partial charge in [0.15, 0.2) is 0 Å². The number of hydrogen-bond acceptors (Lipinski definition) is 3. The lowest BCUT2D eigenvalue weighted by atomic mass is 10.1. The fourth-order valence-corrected chi connectivity index (χ4v) is 3.45. The summed E-state index contributed by atoms with van der Waals surface area (Å²) >= 11 is 3.37. The minimum atomic E-state index is -4.51. The van der Waals surface area contributed by atoms with Gasteiger partial charge in [-0.1, -0.05) is 35.8 Å². The highest BCUT2D eigenvalue weighted by Gasteiger charge is 2.30. The molecular weight excluding hydrogens is 525 g/mol. The van der Waals surface area contributed by atoms with E-state index in [2.05, 4.69) is 40.4 Å². The molecule has 3 aromatic rings. The lowest BCUT2D eigenvalue weighted by Gasteiger charge is -2.13. The predicted octanol–water partition coefficient (Wildman–Crippen LogP) is 7.40. The summed E-state index contributed by atoms with van der Waals surface area (Å²) in [6, 6.07) is 15.6. The Hall–Kier alpha value is -3.33. The summed E-state index contributed by atoms with van der Waals surface area (Å²) in [6.07, 6.45) is -3.66. The highest BCUT2D eigenvalue weighted by molar-refractivity contribution is 9.10. The van der Waals surface area contributed by atoms with Gasteiger partial charge >= 0.3 is 6.18 Å². The number of anilines is 2. The number of carbonyl (C=O) groups is 2. The quantitative estimate of drug-likeness (QED) is 0.308. The van der Waals surface area contributed by atoms with Crippen LogP contribution >= 0.6 is 15.9 Å². The van der Waals surface area contributed by atoms with Crippen molar-refractivity contribution in [2.75, 3.05) is 17.2 Å². The Bertz CT molecular complexity index is 1200. The molecule has 2 N–H and O–H groups in total. The number of ether oxygens (including phenoxy) is 1. The lowest BCUT2D eigenvalue weighted by Crippen LogP contribution is -2.15. The third kappa shape index (κ3) is 7.58. The molecule has 35 heavy (non-hydrogen) atoms. The molecule has 2 amide bonds. The van der Waals surface area contributed by atoms with Crippen LogP contribution in [0.3, 0.4) is 0 Å². The predicted molar refractivity (Wildman–Crippen MR) is 133 cm³/mol. The van der Waals surface area contributed by atoms with Crippen LogP contribution in [0.5, 0.6) is 5.75 Å². The summed E-state index contributed by atoms with van der Waals surface area (Å²) in [6.45, 7) is 4.65. The minimum absolute atomic E-state index is 0.0295. The van der Waals surface area contributed by atoms with Gasteiger partial charge in [-0.25, -0.2) is 0 Å². The van der Waals surface area contributed by atoms with Crippen LogP contribution in [-0.4, -0.2) is 18.4 Å². The normalized spacial score (nSPS) is 11.3. The van der Waals surface area contributed by atoms with Crippen molar-refractivity contribution in [3.05, 3.63) is 87.9 Å². The molecule has 3 rings (SSSR count). The molecule has 0 fully saturated rings. The van der Waals surface area contributed by atoms with Crippen molar-refractivity contribution < 1.29 is 27.5 Å². The molecule has 5 nitrogen and oxygen atoms in total. The first-order chi connectivity index (χ1) is 16.5. The molecule has 0 saturated heterocycles. The zero-order chi connectivity index (χ0) is 25.6. The molecule has 0 aliphatic heterocycles. The topological polar surface area (TPSA) is 67.4 Å². The van der Waals surface area contributed by atoms with Crippen molar-refractivity contribution >= 4 is 39.1 Å². The molecule has 0 saturated carbocycles. The smallest absolute Gasteiger partial charge is 0.416 e. The number of hydrogen-bond donors (Lipinski definition) is 2. The average molecular weight is 549 g/mol. The third-order valence-electron chi connectivity index (χ3n) is 4.99. The third-order valence-corrected chi connectivity index (χ3v) is 5.48. The molecule has 0 bridgehead atoms. The van der Waals surface area contributed by atoms with Crippen molar-refractivity contribution in [2.45, 2.75) is 26.4 Å². The summed E-state index contributed by atoms with van der Waals surface area (Å²) in [7, 11) is 0. The van der Waals surface area contributed by atoms with Crippen LogP contribution in [0.1, 0.15) is 46.5 Å². The van der Waals surface area contributed by atoms with Crippen LogP contribution in [0.25, 0.3) is 0 Å². The van der Waals surface area contributed by atoms with E-state index in [1.807, 2.05) is 0 Å². The second-order valence-corrected chi connectivity index (χ2v) is 9.15.